The van der Waals surface area contributed by atoms with Crippen molar-refractivity contribution >= 4 is 23.1 Å². The van der Waals surface area contributed by atoms with Crippen molar-refractivity contribution in [2.24, 2.45) is 0 Å². The average Bonchev–Trinajstić information content (AvgIpc) is 3.22. The molecule has 2 amide bonds. The van der Waals surface area contributed by atoms with E-state index >= 15 is 0 Å². The number of fused-ring (bicyclic) bond motifs is 1. The molecule has 4 rings (SSSR count). The number of nitrogens with one attached hydrogen (secondary N) is 1. The Bertz CT molecular complexity index is 1030. The van der Waals surface area contributed by atoms with E-state index in [2.05, 4.69) is 10.3 Å². The highest BCUT2D eigenvalue weighted by atomic mass is 16.5. The average molecular weight is 364 g/mol. The molecular formula is C20H20N4O3. The lowest BCUT2D eigenvalue weighted by Crippen LogP contribution is -2.37. The van der Waals surface area contributed by atoms with Crippen molar-refractivity contribution < 1.29 is 14.3 Å². The topological polar surface area (TPSA) is 75.9 Å². The van der Waals surface area contributed by atoms with Crippen LogP contribution in [0.15, 0.2) is 48.8 Å². The highest BCUT2D eigenvalue weighted by Gasteiger charge is 2.32. The lowest BCUT2D eigenvalue weighted by Gasteiger charge is -2.18. The number of imidazole rings is 1. The number of carbonyl (C=O) groups is 2. The van der Waals surface area contributed by atoms with Crippen LogP contribution in [0.1, 0.15) is 22.5 Å². The van der Waals surface area contributed by atoms with Gasteiger partial charge in [0.1, 0.15) is 11.4 Å². The van der Waals surface area contributed by atoms with Crippen LogP contribution in [0.3, 0.4) is 0 Å². The number of pyridine rings is 1. The van der Waals surface area contributed by atoms with E-state index in [-0.39, 0.29) is 24.3 Å². The predicted octanol–water partition coefficient (Wildman–Crippen LogP) is 2.19. The molecule has 0 radical (unpaired) electrons. The Morgan fingerprint density at radius 1 is 1.26 bits per heavy atom. The van der Waals surface area contributed by atoms with E-state index in [0.29, 0.717) is 17.9 Å². The molecule has 0 spiro atoms. The van der Waals surface area contributed by atoms with Crippen molar-refractivity contribution in [2.45, 2.75) is 19.4 Å². The fraction of sp³-hybridized carbons (Fsp3) is 0.250. The number of ether oxygens (including phenoxy) is 1. The molecule has 0 bridgehead atoms. The van der Waals surface area contributed by atoms with Crippen LogP contribution in [0.5, 0.6) is 5.75 Å². The number of carbonyl (C=O) groups excluding carboxylic acids is 2. The number of rotatable bonds is 4. The summed E-state index contributed by atoms with van der Waals surface area (Å²) in [5.41, 5.74) is 2.99. The third kappa shape index (κ3) is 3.36. The summed E-state index contributed by atoms with van der Waals surface area (Å²) >= 11 is 0. The smallest absolute Gasteiger partial charge is 0.253 e. The van der Waals surface area contributed by atoms with Crippen LogP contribution < -0.4 is 15.0 Å². The molecule has 3 aromatic rings. The first-order valence-corrected chi connectivity index (χ1v) is 8.74. The zero-order chi connectivity index (χ0) is 19.0. The summed E-state index contributed by atoms with van der Waals surface area (Å²) < 4.78 is 7.05. The van der Waals surface area contributed by atoms with E-state index in [1.165, 1.54) is 0 Å². The Morgan fingerprint density at radius 2 is 2.11 bits per heavy atom. The van der Waals surface area contributed by atoms with Gasteiger partial charge in [-0.1, -0.05) is 6.07 Å². The van der Waals surface area contributed by atoms with E-state index in [1.54, 1.807) is 24.3 Å². The molecule has 2 aromatic heterocycles. The summed E-state index contributed by atoms with van der Waals surface area (Å²) in [4.78, 5) is 31.0. The molecule has 7 nitrogen and oxygen atoms in total. The standard InChI is InChI=1S/C20H20N4O3/c1-13-10-23-11-14(6-7-18(23)21-13)20(26)22-15-8-19(25)24(12-15)16-4-3-5-17(9-16)27-2/h3-7,9-11,15H,8,12H2,1-2H3,(H,22,26)/t15-/m1/s1. The van der Waals surface area contributed by atoms with Crippen LogP contribution in [0.25, 0.3) is 5.65 Å². The first-order chi connectivity index (χ1) is 13.0. The van der Waals surface area contributed by atoms with Gasteiger partial charge in [-0.3, -0.25) is 9.59 Å². The van der Waals surface area contributed by atoms with Gasteiger partial charge in [0.2, 0.25) is 5.91 Å². The van der Waals surface area contributed by atoms with Crippen molar-refractivity contribution in [3.05, 3.63) is 60.0 Å². The zero-order valence-corrected chi connectivity index (χ0v) is 15.2. The predicted molar refractivity (Wildman–Crippen MR) is 101 cm³/mol. The van der Waals surface area contributed by atoms with E-state index in [9.17, 15) is 9.59 Å². The number of hydrogen-bond donors (Lipinski definition) is 1. The molecule has 1 atom stereocenters. The number of aryl methyl sites for hydroxylation is 1. The third-order valence-electron chi connectivity index (χ3n) is 4.66. The van der Waals surface area contributed by atoms with Crippen LogP contribution in [0, 0.1) is 6.92 Å². The number of nitrogens with zero attached hydrogens (tertiary/aromatic N) is 3. The summed E-state index contributed by atoms with van der Waals surface area (Å²) in [6, 6.07) is 10.7. The van der Waals surface area contributed by atoms with Gasteiger partial charge in [-0.2, -0.15) is 0 Å². The van der Waals surface area contributed by atoms with Crippen molar-refractivity contribution in [1.29, 1.82) is 0 Å². The maximum absolute atomic E-state index is 12.6. The number of aromatic nitrogens is 2. The van der Waals surface area contributed by atoms with E-state index in [4.69, 9.17) is 4.74 Å². The second-order valence-corrected chi connectivity index (χ2v) is 6.65. The fourth-order valence-corrected chi connectivity index (χ4v) is 3.35. The zero-order valence-electron chi connectivity index (χ0n) is 15.2. The third-order valence-corrected chi connectivity index (χ3v) is 4.66. The number of amides is 2. The van der Waals surface area contributed by atoms with Crippen molar-refractivity contribution in [2.75, 3.05) is 18.6 Å². The molecule has 1 aliphatic rings. The van der Waals surface area contributed by atoms with E-state index in [0.717, 1.165) is 17.0 Å². The van der Waals surface area contributed by atoms with E-state index < -0.39 is 0 Å². The Morgan fingerprint density at radius 3 is 2.93 bits per heavy atom. The second-order valence-electron chi connectivity index (χ2n) is 6.65. The van der Waals surface area contributed by atoms with Gasteiger partial charge >= 0.3 is 0 Å². The molecule has 1 aromatic carbocycles. The molecule has 0 unspecified atom stereocenters. The van der Waals surface area contributed by atoms with Crippen LogP contribution in [0.2, 0.25) is 0 Å². The van der Waals surface area contributed by atoms with E-state index in [1.807, 2.05) is 47.9 Å². The lowest BCUT2D eigenvalue weighted by molar-refractivity contribution is -0.117. The Labute approximate surface area is 156 Å². The molecule has 0 aliphatic carbocycles. The molecule has 1 fully saturated rings. The highest BCUT2D eigenvalue weighted by molar-refractivity contribution is 5.99. The lowest BCUT2D eigenvalue weighted by atomic mass is 10.2. The number of methoxy groups -OCH3 is 1. The van der Waals surface area contributed by atoms with Crippen LogP contribution in [-0.4, -0.2) is 40.9 Å². The summed E-state index contributed by atoms with van der Waals surface area (Å²) in [6.45, 7) is 2.34. The summed E-state index contributed by atoms with van der Waals surface area (Å²) in [6.07, 6.45) is 3.90. The Kier molecular flexibility index (Phi) is 4.27. The maximum Gasteiger partial charge on any atom is 0.253 e. The number of hydrogen-bond acceptors (Lipinski definition) is 4. The summed E-state index contributed by atoms with van der Waals surface area (Å²) in [5.74, 6) is 0.472. The molecular weight excluding hydrogens is 344 g/mol. The number of benzene rings is 1. The molecule has 27 heavy (non-hydrogen) atoms. The molecule has 0 saturated carbocycles. The van der Waals surface area contributed by atoms with Crippen LogP contribution in [-0.2, 0) is 4.79 Å². The minimum Gasteiger partial charge on any atom is -0.497 e. The monoisotopic (exact) mass is 364 g/mol. The van der Waals surface area contributed by atoms with Crippen molar-refractivity contribution in [1.82, 2.24) is 14.7 Å². The summed E-state index contributed by atoms with van der Waals surface area (Å²) in [7, 11) is 1.59. The quantitative estimate of drug-likeness (QED) is 0.770. The molecule has 3 heterocycles. The highest BCUT2D eigenvalue weighted by Crippen LogP contribution is 2.25. The SMILES string of the molecule is COc1cccc(N2C[C@H](NC(=O)c3ccc4nc(C)cn4c3)CC2=O)c1. The van der Waals surface area contributed by atoms with Gasteiger partial charge in [-0.05, 0) is 31.2 Å². The largest absolute Gasteiger partial charge is 0.497 e. The molecule has 7 heteroatoms. The molecule has 1 N–H and O–H groups in total. The second kappa shape index (κ2) is 6.75. The molecule has 138 valence electrons. The van der Waals surface area contributed by atoms with Gasteiger partial charge in [0.25, 0.3) is 5.91 Å². The fourth-order valence-electron chi connectivity index (χ4n) is 3.35. The van der Waals surface area contributed by atoms with Crippen molar-refractivity contribution in [3.63, 3.8) is 0 Å². The Hall–Kier alpha value is -3.35. The normalized spacial score (nSPS) is 16.7. The first-order valence-electron chi connectivity index (χ1n) is 8.74. The van der Waals surface area contributed by atoms with Gasteiger partial charge in [-0.15, -0.1) is 0 Å². The summed E-state index contributed by atoms with van der Waals surface area (Å²) in [5, 5.41) is 2.96. The van der Waals surface area contributed by atoms with Crippen LogP contribution in [0.4, 0.5) is 5.69 Å². The van der Waals surface area contributed by atoms with Gasteiger partial charge in [-0.25, -0.2) is 4.98 Å². The van der Waals surface area contributed by atoms with Crippen molar-refractivity contribution in [3.8, 4) is 5.75 Å². The van der Waals surface area contributed by atoms with Gasteiger partial charge in [0.05, 0.1) is 24.4 Å². The Balaban J connectivity index is 1.47. The maximum atomic E-state index is 12.6. The minimum atomic E-state index is -0.239. The molecule has 1 aliphatic heterocycles. The van der Waals surface area contributed by atoms with Crippen LogP contribution >= 0.6 is 0 Å². The van der Waals surface area contributed by atoms with Gasteiger partial charge in [0.15, 0.2) is 0 Å². The minimum absolute atomic E-state index is 0.0192. The molecule has 1 saturated heterocycles. The first kappa shape index (κ1) is 17.1. The van der Waals surface area contributed by atoms with Gasteiger partial charge < -0.3 is 19.4 Å². The van der Waals surface area contributed by atoms with Gasteiger partial charge in [0, 0.05) is 37.1 Å². The number of anilines is 1.